The van der Waals surface area contributed by atoms with Crippen LogP contribution < -0.4 is 20.4 Å². The molecule has 202 valence electrons. The number of aliphatic hydroxyl groups excluding tert-OH is 1. The van der Waals surface area contributed by atoms with E-state index >= 15 is 4.39 Å². The van der Waals surface area contributed by atoms with Gasteiger partial charge in [-0.15, -0.1) is 0 Å². The Bertz CT molecular complexity index is 1260. The number of benzene rings is 1. The largest absolute Gasteiger partial charge is 0.492 e. The Morgan fingerprint density at radius 3 is 2.38 bits per heavy atom. The third-order valence-electron chi connectivity index (χ3n) is 6.37. The van der Waals surface area contributed by atoms with Crippen LogP contribution in [0.2, 0.25) is 0 Å². The summed E-state index contributed by atoms with van der Waals surface area (Å²) in [6, 6.07) is 1.51. The fraction of sp³-hybridized carbons (Fsp3) is 0.500. The van der Waals surface area contributed by atoms with E-state index in [0.29, 0.717) is 30.0 Å². The predicted molar refractivity (Wildman–Crippen MR) is 130 cm³/mol. The number of ether oxygens (including phenoxy) is 1. The second-order valence-electron chi connectivity index (χ2n) is 8.98. The Labute approximate surface area is 210 Å². The average molecular weight is 524 g/mol. The summed E-state index contributed by atoms with van der Waals surface area (Å²) in [7, 11) is 3.35. The highest BCUT2D eigenvalue weighted by Crippen LogP contribution is 2.44. The number of nitrogens with zero attached hydrogens (tertiary/aromatic N) is 2. The molecule has 1 saturated carbocycles. The summed E-state index contributed by atoms with van der Waals surface area (Å²) in [6.07, 6.45) is 2.54. The van der Waals surface area contributed by atoms with E-state index < -0.39 is 41.7 Å². The third kappa shape index (κ3) is 6.17. The third-order valence-corrected chi connectivity index (χ3v) is 6.37. The molecule has 5 N–H and O–H groups in total. The number of likely N-dealkylation sites (N-methyl/N-ethyl adjacent to an activating group) is 1. The normalized spacial score (nSPS) is 18.1. The molecule has 2 heterocycles. The SMILES string of the molecule is CNC1CCCN(c2c(F)cc3c(=O)c(C(=O)O)cn(C4CC4)c3c2OC)C1.O=C(O)CC(O)C(=O)O. The summed E-state index contributed by atoms with van der Waals surface area (Å²) in [4.78, 5) is 45.6. The molecule has 2 unspecified atom stereocenters. The quantitative estimate of drug-likeness (QED) is 0.336. The maximum Gasteiger partial charge on any atom is 0.341 e. The first kappa shape index (κ1) is 27.9. The van der Waals surface area contributed by atoms with Crippen molar-refractivity contribution < 1.29 is 43.9 Å². The number of hydrogen-bond donors (Lipinski definition) is 5. The number of rotatable bonds is 8. The van der Waals surface area contributed by atoms with Gasteiger partial charge in [-0.2, -0.15) is 0 Å². The molecule has 0 radical (unpaired) electrons. The van der Waals surface area contributed by atoms with Gasteiger partial charge in [-0.1, -0.05) is 0 Å². The van der Waals surface area contributed by atoms with Gasteiger partial charge in [0.25, 0.3) is 0 Å². The van der Waals surface area contributed by atoms with Crippen molar-refractivity contribution in [2.75, 3.05) is 32.1 Å². The number of piperidine rings is 1. The van der Waals surface area contributed by atoms with Crippen LogP contribution in [-0.2, 0) is 9.59 Å². The maximum atomic E-state index is 15.2. The Morgan fingerprint density at radius 1 is 1.22 bits per heavy atom. The highest BCUT2D eigenvalue weighted by Gasteiger charge is 2.32. The molecule has 12 nitrogen and oxygen atoms in total. The van der Waals surface area contributed by atoms with E-state index in [1.54, 1.807) is 4.57 Å². The van der Waals surface area contributed by atoms with Crippen LogP contribution in [0, 0.1) is 5.82 Å². The van der Waals surface area contributed by atoms with E-state index in [0.717, 1.165) is 25.7 Å². The highest BCUT2D eigenvalue weighted by atomic mass is 19.1. The van der Waals surface area contributed by atoms with Gasteiger partial charge in [0.1, 0.15) is 11.3 Å². The number of methoxy groups -OCH3 is 1. The van der Waals surface area contributed by atoms with Crippen molar-refractivity contribution in [2.24, 2.45) is 0 Å². The molecule has 1 aromatic heterocycles. The number of pyridine rings is 1. The summed E-state index contributed by atoms with van der Waals surface area (Å²) >= 11 is 0. The van der Waals surface area contributed by atoms with Gasteiger partial charge in [0, 0.05) is 31.4 Å². The lowest BCUT2D eigenvalue weighted by Gasteiger charge is -2.35. The second-order valence-corrected chi connectivity index (χ2v) is 8.98. The van der Waals surface area contributed by atoms with Crippen LogP contribution >= 0.6 is 0 Å². The second kappa shape index (κ2) is 11.6. The van der Waals surface area contributed by atoms with E-state index in [4.69, 9.17) is 20.1 Å². The molecule has 1 aliphatic heterocycles. The monoisotopic (exact) mass is 523 g/mol. The van der Waals surface area contributed by atoms with Crippen molar-refractivity contribution >= 4 is 34.5 Å². The minimum atomic E-state index is -1.79. The smallest absolute Gasteiger partial charge is 0.341 e. The number of nitrogens with one attached hydrogen (secondary N) is 1. The van der Waals surface area contributed by atoms with Crippen molar-refractivity contribution in [3.05, 3.63) is 33.9 Å². The fourth-order valence-corrected chi connectivity index (χ4v) is 4.39. The topological polar surface area (TPSA) is 179 Å². The van der Waals surface area contributed by atoms with Gasteiger partial charge >= 0.3 is 17.9 Å². The average Bonchev–Trinajstić information content (AvgIpc) is 3.69. The highest BCUT2D eigenvalue weighted by molar-refractivity contribution is 5.97. The van der Waals surface area contributed by atoms with Crippen LogP contribution in [0.4, 0.5) is 10.1 Å². The number of carbonyl (C=O) groups is 3. The number of fused-ring (bicyclic) bond motifs is 1. The van der Waals surface area contributed by atoms with Crippen LogP contribution in [0.25, 0.3) is 10.9 Å². The van der Waals surface area contributed by atoms with Crippen LogP contribution in [0.3, 0.4) is 0 Å². The van der Waals surface area contributed by atoms with Gasteiger partial charge in [0.05, 0.1) is 24.4 Å². The van der Waals surface area contributed by atoms with Crippen LogP contribution in [-0.4, -0.2) is 82.3 Å². The minimum Gasteiger partial charge on any atom is -0.492 e. The van der Waals surface area contributed by atoms with Crippen molar-refractivity contribution in [3.63, 3.8) is 0 Å². The van der Waals surface area contributed by atoms with E-state index in [1.165, 1.54) is 19.4 Å². The number of halogens is 1. The number of aliphatic hydroxyl groups is 1. The fourth-order valence-electron chi connectivity index (χ4n) is 4.39. The van der Waals surface area contributed by atoms with E-state index in [9.17, 15) is 24.3 Å². The Morgan fingerprint density at radius 2 is 1.89 bits per heavy atom. The van der Waals surface area contributed by atoms with Gasteiger partial charge in [0.2, 0.25) is 5.43 Å². The number of aliphatic carboxylic acids is 2. The van der Waals surface area contributed by atoms with Gasteiger partial charge in [-0.05, 0) is 38.8 Å². The van der Waals surface area contributed by atoms with Crippen molar-refractivity contribution in [2.45, 2.75) is 50.3 Å². The Balaban J connectivity index is 0.000000364. The first-order valence-electron chi connectivity index (χ1n) is 11.7. The number of hydrogen-bond acceptors (Lipinski definition) is 8. The molecule has 1 aromatic carbocycles. The van der Waals surface area contributed by atoms with E-state index in [2.05, 4.69) is 5.32 Å². The molecular weight excluding hydrogens is 493 g/mol. The summed E-state index contributed by atoms with van der Waals surface area (Å²) in [5.41, 5.74) is -0.216. The van der Waals surface area contributed by atoms with Crippen molar-refractivity contribution in [1.82, 2.24) is 9.88 Å². The van der Waals surface area contributed by atoms with Crippen LogP contribution in [0.1, 0.15) is 48.5 Å². The number of aromatic nitrogens is 1. The standard InChI is InChI=1S/C20H24FN3O4.C4H6O5/c1-22-11-4-3-7-23(9-11)17-15(21)8-13-16(19(17)28-2)24(12-5-6-12)10-14(18(13)25)20(26)27;5-2(4(8)9)1-3(6)7/h8,10-12,22H,3-7,9H2,1-2H3,(H,26,27);2,5H,1H2,(H,6,7)(H,8,9). The lowest BCUT2D eigenvalue weighted by molar-refractivity contribution is -0.152. The molecule has 2 aromatic rings. The van der Waals surface area contributed by atoms with Gasteiger partial charge in [-0.25, -0.2) is 14.0 Å². The molecule has 4 rings (SSSR count). The first-order chi connectivity index (χ1) is 17.5. The number of carboxylic acids is 3. The minimum absolute atomic E-state index is 0.0482. The lowest BCUT2D eigenvalue weighted by Crippen LogP contribution is -2.45. The summed E-state index contributed by atoms with van der Waals surface area (Å²) < 4.78 is 22.6. The molecule has 1 saturated heterocycles. The Kier molecular flexibility index (Phi) is 8.71. The molecule has 13 heteroatoms. The first-order valence-corrected chi connectivity index (χ1v) is 11.7. The zero-order valence-corrected chi connectivity index (χ0v) is 20.4. The van der Waals surface area contributed by atoms with Crippen LogP contribution in [0.5, 0.6) is 5.75 Å². The van der Waals surface area contributed by atoms with Crippen LogP contribution in [0.15, 0.2) is 17.1 Å². The zero-order valence-electron chi connectivity index (χ0n) is 20.4. The van der Waals surface area contributed by atoms with E-state index in [-0.39, 0.29) is 23.0 Å². The zero-order chi connectivity index (χ0) is 27.4. The maximum absolute atomic E-state index is 15.2. The number of aromatic carboxylic acids is 1. The molecule has 0 bridgehead atoms. The van der Waals surface area contributed by atoms with Crippen molar-refractivity contribution in [1.29, 1.82) is 0 Å². The number of anilines is 1. The summed E-state index contributed by atoms with van der Waals surface area (Å²) in [5, 5.41) is 36.8. The molecule has 0 amide bonds. The molecule has 37 heavy (non-hydrogen) atoms. The molecule has 2 fully saturated rings. The van der Waals surface area contributed by atoms with Gasteiger partial charge in [-0.3, -0.25) is 9.59 Å². The summed E-state index contributed by atoms with van der Waals surface area (Å²) in [5.74, 6) is -4.42. The van der Waals surface area contributed by atoms with Gasteiger partial charge in [0.15, 0.2) is 17.7 Å². The molecule has 2 aliphatic rings. The molecular formula is C24H30FN3O9. The van der Waals surface area contributed by atoms with Crippen molar-refractivity contribution in [3.8, 4) is 5.75 Å². The van der Waals surface area contributed by atoms with E-state index in [1.807, 2.05) is 11.9 Å². The van der Waals surface area contributed by atoms with Gasteiger partial charge < -0.3 is 39.9 Å². The lowest BCUT2D eigenvalue weighted by atomic mass is 10.0. The number of carboxylic acid groups (broad SMARTS) is 3. The molecule has 2 atom stereocenters. The molecule has 1 aliphatic carbocycles. The molecule has 0 spiro atoms. The predicted octanol–water partition coefficient (Wildman–Crippen LogP) is 1.28. The summed E-state index contributed by atoms with van der Waals surface area (Å²) in [6.45, 7) is 1.33. The Hall–Kier alpha value is -3.71.